The van der Waals surface area contributed by atoms with Crippen LogP contribution in [0, 0.1) is 6.92 Å². The van der Waals surface area contributed by atoms with Gasteiger partial charge in [0.2, 0.25) is 0 Å². The van der Waals surface area contributed by atoms with E-state index in [0.717, 1.165) is 40.9 Å². The van der Waals surface area contributed by atoms with Gasteiger partial charge in [-0.2, -0.15) is 0 Å². The Kier molecular flexibility index (Phi) is 11.3. The number of benzene rings is 2. The average molecular weight is 513 g/mol. The minimum absolute atomic E-state index is 0. The van der Waals surface area contributed by atoms with Crippen LogP contribution in [0.5, 0.6) is 17.2 Å². The number of hydrogen-bond donors (Lipinski definition) is 2. The Morgan fingerprint density at radius 1 is 0.931 bits per heavy atom. The highest BCUT2D eigenvalue weighted by atomic mass is 127. The van der Waals surface area contributed by atoms with Crippen LogP contribution in [0.4, 0.5) is 0 Å². The summed E-state index contributed by atoms with van der Waals surface area (Å²) in [6.45, 7) is 8.58. The molecule has 0 aliphatic heterocycles. The average Bonchev–Trinajstić information content (AvgIpc) is 2.71. The zero-order valence-electron chi connectivity index (χ0n) is 17.9. The van der Waals surface area contributed by atoms with E-state index in [0.29, 0.717) is 19.7 Å². The first-order chi connectivity index (χ1) is 13.6. The summed E-state index contributed by atoms with van der Waals surface area (Å²) < 4.78 is 16.5. The zero-order chi connectivity index (χ0) is 20.4. The number of nitrogens with zero attached hydrogens (tertiary/aromatic N) is 1. The topological polar surface area (TPSA) is 64.1 Å². The maximum absolute atomic E-state index is 5.64. The van der Waals surface area contributed by atoms with Crippen LogP contribution in [0.15, 0.2) is 41.4 Å². The molecule has 0 amide bonds. The van der Waals surface area contributed by atoms with E-state index in [1.54, 1.807) is 14.2 Å². The van der Waals surface area contributed by atoms with Crippen molar-refractivity contribution in [1.82, 2.24) is 10.6 Å². The molecule has 2 aromatic carbocycles. The van der Waals surface area contributed by atoms with E-state index in [2.05, 4.69) is 34.7 Å². The molecule has 6 nitrogen and oxygen atoms in total. The fraction of sp³-hybridized carbons (Fsp3) is 0.409. The van der Waals surface area contributed by atoms with Crippen LogP contribution >= 0.6 is 24.0 Å². The number of ether oxygens (including phenoxy) is 3. The molecule has 2 rings (SSSR count). The Hall–Kier alpha value is -2.16. The van der Waals surface area contributed by atoms with Gasteiger partial charge < -0.3 is 24.8 Å². The number of guanidine groups is 1. The van der Waals surface area contributed by atoms with E-state index in [-0.39, 0.29) is 24.0 Å². The van der Waals surface area contributed by atoms with Crippen molar-refractivity contribution in [3.8, 4) is 17.2 Å². The lowest BCUT2D eigenvalue weighted by Gasteiger charge is -2.14. The summed E-state index contributed by atoms with van der Waals surface area (Å²) in [5, 5.41) is 6.64. The standard InChI is InChI=1S/C22H31N3O3.HI/c1-6-23-22(25-15-18-10-8-16(3)12-20(18)27-5)24-14-17-9-11-19(26-4)21(13-17)28-7-2;/h8-13H,6-7,14-15H2,1-5H3,(H2,23,24,25);1H. The second kappa shape index (κ2) is 13.1. The number of nitrogens with one attached hydrogen (secondary N) is 2. The van der Waals surface area contributed by atoms with Gasteiger partial charge in [0.15, 0.2) is 17.5 Å². The van der Waals surface area contributed by atoms with Crippen LogP contribution in [-0.2, 0) is 13.1 Å². The van der Waals surface area contributed by atoms with Gasteiger partial charge in [-0.15, -0.1) is 24.0 Å². The molecule has 0 radical (unpaired) electrons. The predicted octanol–water partition coefficient (Wildman–Crippen LogP) is 4.28. The molecular formula is C22H32IN3O3. The van der Waals surface area contributed by atoms with Crippen molar-refractivity contribution in [2.75, 3.05) is 27.4 Å². The minimum atomic E-state index is 0. The second-order valence-electron chi connectivity index (χ2n) is 6.28. The van der Waals surface area contributed by atoms with Gasteiger partial charge in [0, 0.05) is 18.7 Å². The molecule has 0 spiro atoms. The number of methoxy groups -OCH3 is 2. The smallest absolute Gasteiger partial charge is 0.191 e. The van der Waals surface area contributed by atoms with E-state index in [1.165, 1.54) is 5.56 Å². The predicted molar refractivity (Wildman–Crippen MR) is 129 cm³/mol. The van der Waals surface area contributed by atoms with Gasteiger partial charge in [0.05, 0.1) is 27.4 Å². The summed E-state index contributed by atoms with van der Waals surface area (Å²) in [6, 6.07) is 12.1. The first-order valence-corrected chi connectivity index (χ1v) is 9.56. The Labute approximate surface area is 191 Å². The van der Waals surface area contributed by atoms with Gasteiger partial charge in [-0.05, 0) is 50.1 Å². The third-order valence-corrected chi connectivity index (χ3v) is 4.18. The number of rotatable bonds is 9. The molecule has 29 heavy (non-hydrogen) atoms. The molecule has 2 N–H and O–H groups in total. The number of aliphatic imine (C=N–C) groups is 1. The highest BCUT2D eigenvalue weighted by molar-refractivity contribution is 14.0. The van der Waals surface area contributed by atoms with E-state index in [9.17, 15) is 0 Å². The monoisotopic (exact) mass is 513 g/mol. The molecule has 160 valence electrons. The van der Waals surface area contributed by atoms with E-state index < -0.39 is 0 Å². The summed E-state index contributed by atoms with van der Waals surface area (Å²) in [7, 11) is 3.33. The Bertz CT molecular complexity index is 797. The first-order valence-electron chi connectivity index (χ1n) is 9.56. The maximum atomic E-state index is 5.64. The molecule has 0 aromatic heterocycles. The van der Waals surface area contributed by atoms with Crippen molar-refractivity contribution < 1.29 is 14.2 Å². The van der Waals surface area contributed by atoms with Gasteiger partial charge in [-0.1, -0.05) is 18.2 Å². The number of aryl methyl sites for hydroxylation is 1. The van der Waals surface area contributed by atoms with Crippen molar-refractivity contribution in [3.63, 3.8) is 0 Å². The number of halogens is 1. The van der Waals surface area contributed by atoms with Crippen LogP contribution in [-0.4, -0.2) is 33.3 Å². The van der Waals surface area contributed by atoms with Crippen molar-refractivity contribution >= 4 is 29.9 Å². The Morgan fingerprint density at radius 2 is 1.69 bits per heavy atom. The zero-order valence-corrected chi connectivity index (χ0v) is 20.2. The molecule has 0 heterocycles. The summed E-state index contributed by atoms with van der Waals surface area (Å²) in [5.41, 5.74) is 3.31. The molecule has 0 unspecified atom stereocenters. The van der Waals surface area contributed by atoms with Crippen LogP contribution in [0.3, 0.4) is 0 Å². The van der Waals surface area contributed by atoms with Crippen molar-refractivity contribution in [3.05, 3.63) is 53.1 Å². The van der Waals surface area contributed by atoms with Crippen molar-refractivity contribution in [2.45, 2.75) is 33.9 Å². The molecular weight excluding hydrogens is 481 g/mol. The summed E-state index contributed by atoms with van der Waals surface area (Å²) in [4.78, 5) is 4.69. The summed E-state index contributed by atoms with van der Waals surface area (Å²) >= 11 is 0. The normalized spacial score (nSPS) is 10.7. The first kappa shape index (κ1) is 24.9. The summed E-state index contributed by atoms with van der Waals surface area (Å²) in [5.74, 6) is 3.09. The SMILES string of the molecule is CCNC(=NCc1ccc(OC)c(OCC)c1)NCc1ccc(C)cc1OC.I. The van der Waals surface area contributed by atoms with Gasteiger partial charge in [0.1, 0.15) is 5.75 Å². The molecule has 0 aliphatic carbocycles. The molecule has 0 atom stereocenters. The lowest BCUT2D eigenvalue weighted by atomic mass is 10.1. The van der Waals surface area contributed by atoms with Crippen molar-refractivity contribution in [1.29, 1.82) is 0 Å². The quantitative estimate of drug-likeness (QED) is 0.298. The lowest BCUT2D eigenvalue weighted by Crippen LogP contribution is -2.36. The third-order valence-electron chi connectivity index (χ3n) is 4.18. The fourth-order valence-corrected chi connectivity index (χ4v) is 2.78. The fourth-order valence-electron chi connectivity index (χ4n) is 2.78. The van der Waals surface area contributed by atoms with E-state index in [1.807, 2.05) is 38.1 Å². The molecule has 0 bridgehead atoms. The van der Waals surface area contributed by atoms with Gasteiger partial charge in [-0.3, -0.25) is 0 Å². The highest BCUT2D eigenvalue weighted by Gasteiger charge is 2.07. The van der Waals surface area contributed by atoms with Crippen LogP contribution in [0.25, 0.3) is 0 Å². The Balaban J connectivity index is 0.00000420. The van der Waals surface area contributed by atoms with Crippen LogP contribution in [0.2, 0.25) is 0 Å². The molecule has 0 saturated heterocycles. The number of hydrogen-bond acceptors (Lipinski definition) is 4. The van der Waals surface area contributed by atoms with Crippen molar-refractivity contribution in [2.24, 2.45) is 4.99 Å². The molecule has 2 aromatic rings. The molecule has 7 heteroatoms. The maximum Gasteiger partial charge on any atom is 0.191 e. The van der Waals surface area contributed by atoms with Gasteiger partial charge >= 0.3 is 0 Å². The Morgan fingerprint density at radius 3 is 2.34 bits per heavy atom. The largest absolute Gasteiger partial charge is 0.496 e. The third kappa shape index (κ3) is 7.64. The van der Waals surface area contributed by atoms with Gasteiger partial charge in [0.25, 0.3) is 0 Å². The minimum Gasteiger partial charge on any atom is -0.496 e. The van der Waals surface area contributed by atoms with Crippen LogP contribution in [0.1, 0.15) is 30.5 Å². The highest BCUT2D eigenvalue weighted by Crippen LogP contribution is 2.28. The second-order valence-corrected chi connectivity index (χ2v) is 6.28. The summed E-state index contributed by atoms with van der Waals surface area (Å²) in [6.07, 6.45) is 0. The molecule has 0 aliphatic rings. The lowest BCUT2D eigenvalue weighted by molar-refractivity contribution is 0.310. The molecule has 0 fully saturated rings. The van der Waals surface area contributed by atoms with E-state index in [4.69, 9.17) is 14.2 Å². The van der Waals surface area contributed by atoms with Gasteiger partial charge in [-0.25, -0.2) is 4.99 Å². The van der Waals surface area contributed by atoms with E-state index >= 15 is 0 Å². The van der Waals surface area contributed by atoms with Crippen LogP contribution < -0.4 is 24.8 Å². The molecule has 0 saturated carbocycles.